The highest BCUT2D eigenvalue weighted by Gasteiger charge is 1.98. The summed E-state index contributed by atoms with van der Waals surface area (Å²) in [6.45, 7) is 5.48. The normalized spacial score (nSPS) is 10.7. The van der Waals surface area contributed by atoms with Crippen molar-refractivity contribution in [1.82, 2.24) is 14.8 Å². The van der Waals surface area contributed by atoms with Gasteiger partial charge in [0.05, 0.1) is 0 Å². The molecule has 3 nitrogen and oxygen atoms in total. The van der Waals surface area contributed by atoms with Gasteiger partial charge in [-0.15, -0.1) is 10.2 Å². The number of hydrogen-bond acceptors (Lipinski definition) is 2. The molecule has 0 atom stereocenters. The minimum absolute atomic E-state index is 0.849. The number of aryl methyl sites for hydroxylation is 1. The van der Waals surface area contributed by atoms with Crippen LogP contribution in [0.15, 0.2) is 18.7 Å². The van der Waals surface area contributed by atoms with Gasteiger partial charge in [0.15, 0.2) is 5.82 Å². The van der Waals surface area contributed by atoms with Gasteiger partial charge in [0, 0.05) is 7.05 Å². The van der Waals surface area contributed by atoms with Crippen LogP contribution in [0.25, 0.3) is 6.08 Å². The van der Waals surface area contributed by atoms with Gasteiger partial charge in [-0.2, -0.15) is 0 Å². The third-order valence-corrected chi connectivity index (χ3v) is 1.51. The third kappa shape index (κ3) is 1.55. The standard InChI is InChI=1S/C8H11N3/c1-4-5-6-8-10-9-7(2)11(8)3/h4-6H,1H2,2-3H3/b6-5-. The van der Waals surface area contributed by atoms with E-state index in [9.17, 15) is 0 Å². The Morgan fingerprint density at radius 1 is 1.45 bits per heavy atom. The second kappa shape index (κ2) is 3.14. The molecule has 0 bridgehead atoms. The zero-order valence-corrected chi connectivity index (χ0v) is 6.78. The number of aromatic nitrogens is 3. The highest BCUT2D eigenvalue weighted by molar-refractivity contribution is 5.42. The summed E-state index contributed by atoms with van der Waals surface area (Å²) >= 11 is 0. The molecule has 0 radical (unpaired) electrons. The summed E-state index contributed by atoms with van der Waals surface area (Å²) in [7, 11) is 1.93. The highest BCUT2D eigenvalue weighted by atomic mass is 15.3. The van der Waals surface area contributed by atoms with Crippen LogP contribution in [0.2, 0.25) is 0 Å². The summed E-state index contributed by atoms with van der Waals surface area (Å²) in [4.78, 5) is 0. The van der Waals surface area contributed by atoms with E-state index in [1.54, 1.807) is 6.08 Å². The van der Waals surface area contributed by atoms with E-state index in [-0.39, 0.29) is 0 Å². The molecule has 0 spiro atoms. The molecule has 0 N–H and O–H groups in total. The van der Waals surface area contributed by atoms with Crippen molar-refractivity contribution in [2.75, 3.05) is 0 Å². The largest absolute Gasteiger partial charge is 0.315 e. The zero-order valence-electron chi connectivity index (χ0n) is 6.78. The van der Waals surface area contributed by atoms with Crippen LogP contribution in [-0.2, 0) is 7.05 Å². The zero-order chi connectivity index (χ0) is 8.27. The quantitative estimate of drug-likeness (QED) is 0.594. The van der Waals surface area contributed by atoms with Gasteiger partial charge in [-0.1, -0.05) is 18.7 Å². The van der Waals surface area contributed by atoms with Crippen molar-refractivity contribution in [2.45, 2.75) is 6.92 Å². The van der Waals surface area contributed by atoms with Crippen molar-refractivity contribution in [2.24, 2.45) is 7.05 Å². The molecule has 0 saturated carbocycles. The first-order chi connectivity index (χ1) is 5.25. The van der Waals surface area contributed by atoms with Crippen molar-refractivity contribution in [1.29, 1.82) is 0 Å². The Balaban J connectivity index is 2.95. The summed E-state index contributed by atoms with van der Waals surface area (Å²) < 4.78 is 1.92. The average Bonchev–Trinajstić information content (AvgIpc) is 2.31. The molecule has 0 amide bonds. The van der Waals surface area contributed by atoms with E-state index >= 15 is 0 Å². The number of hydrogen-bond donors (Lipinski definition) is 0. The van der Waals surface area contributed by atoms with E-state index in [0.29, 0.717) is 0 Å². The molecule has 3 heteroatoms. The Morgan fingerprint density at radius 3 is 2.64 bits per heavy atom. The molecule has 1 rings (SSSR count). The third-order valence-electron chi connectivity index (χ3n) is 1.51. The molecule has 0 aliphatic carbocycles. The van der Waals surface area contributed by atoms with Crippen LogP contribution in [0.1, 0.15) is 11.6 Å². The fraction of sp³-hybridized carbons (Fsp3) is 0.250. The first-order valence-electron chi connectivity index (χ1n) is 3.41. The average molecular weight is 149 g/mol. The van der Waals surface area contributed by atoms with Crippen LogP contribution >= 0.6 is 0 Å². The topological polar surface area (TPSA) is 30.7 Å². The molecular formula is C8H11N3. The van der Waals surface area contributed by atoms with Crippen LogP contribution < -0.4 is 0 Å². The molecule has 0 aliphatic rings. The van der Waals surface area contributed by atoms with E-state index in [1.807, 2.05) is 30.7 Å². The van der Waals surface area contributed by atoms with Crippen molar-refractivity contribution < 1.29 is 0 Å². The predicted molar refractivity (Wildman–Crippen MR) is 45.0 cm³/mol. The fourth-order valence-corrected chi connectivity index (χ4v) is 0.723. The lowest BCUT2D eigenvalue weighted by atomic mass is 10.4. The number of allylic oxidation sites excluding steroid dienone is 2. The summed E-state index contributed by atoms with van der Waals surface area (Å²) in [5, 5.41) is 7.83. The minimum Gasteiger partial charge on any atom is -0.315 e. The van der Waals surface area contributed by atoms with Crippen molar-refractivity contribution in [3.8, 4) is 0 Å². The summed E-state index contributed by atoms with van der Waals surface area (Å²) in [6, 6.07) is 0. The van der Waals surface area contributed by atoms with E-state index in [4.69, 9.17) is 0 Å². The molecule has 1 heterocycles. The van der Waals surface area contributed by atoms with E-state index in [2.05, 4.69) is 16.8 Å². The molecule has 0 aliphatic heterocycles. The molecule has 1 aromatic heterocycles. The Hall–Kier alpha value is -1.38. The van der Waals surface area contributed by atoms with Gasteiger partial charge in [-0.25, -0.2) is 0 Å². The Kier molecular flexibility index (Phi) is 2.21. The Bertz CT molecular complexity index is 284. The van der Waals surface area contributed by atoms with Gasteiger partial charge in [-0.3, -0.25) is 0 Å². The molecule has 0 saturated heterocycles. The Morgan fingerprint density at radius 2 is 2.18 bits per heavy atom. The van der Waals surface area contributed by atoms with Crippen LogP contribution in [0, 0.1) is 6.92 Å². The van der Waals surface area contributed by atoms with E-state index in [0.717, 1.165) is 11.6 Å². The molecule has 11 heavy (non-hydrogen) atoms. The lowest BCUT2D eigenvalue weighted by molar-refractivity contribution is 0.849. The molecular weight excluding hydrogens is 138 g/mol. The van der Waals surface area contributed by atoms with Crippen LogP contribution in [0.3, 0.4) is 0 Å². The first kappa shape index (κ1) is 7.72. The molecule has 0 fully saturated rings. The molecule has 0 aromatic carbocycles. The monoisotopic (exact) mass is 149 g/mol. The summed E-state index contributed by atoms with van der Waals surface area (Å²) in [6.07, 6.45) is 5.42. The van der Waals surface area contributed by atoms with Crippen LogP contribution in [-0.4, -0.2) is 14.8 Å². The predicted octanol–water partition coefficient (Wildman–Crippen LogP) is 1.32. The summed E-state index contributed by atoms with van der Waals surface area (Å²) in [5.74, 6) is 1.76. The second-order valence-electron chi connectivity index (χ2n) is 2.26. The van der Waals surface area contributed by atoms with Crippen molar-refractivity contribution in [3.63, 3.8) is 0 Å². The lowest BCUT2D eigenvalue weighted by Gasteiger charge is -1.93. The summed E-state index contributed by atoms with van der Waals surface area (Å²) in [5.41, 5.74) is 0. The van der Waals surface area contributed by atoms with Gasteiger partial charge in [0.25, 0.3) is 0 Å². The lowest BCUT2D eigenvalue weighted by Crippen LogP contribution is -1.93. The maximum absolute atomic E-state index is 3.93. The fourth-order valence-electron chi connectivity index (χ4n) is 0.723. The second-order valence-corrected chi connectivity index (χ2v) is 2.26. The maximum Gasteiger partial charge on any atom is 0.156 e. The van der Waals surface area contributed by atoms with Crippen molar-refractivity contribution in [3.05, 3.63) is 30.4 Å². The molecule has 1 aromatic rings. The smallest absolute Gasteiger partial charge is 0.156 e. The number of nitrogens with zero attached hydrogens (tertiary/aromatic N) is 3. The van der Waals surface area contributed by atoms with Crippen LogP contribution in [0.4, 0.5) is 0 Å². The van der Waals surface area contributed by atoms with Crippen molar-refractivity contribution >= 4 is 6.08 Å². The highest BCUT2D eigenvalue weighted by Crippen LogP contribution is 1.98. The maximum atomic E-state index is 3.93. The minimum atomic E-state index is 0.849. The van der Waals surface area contributed by atoms with Gasteiger partial charge < -0.3 is 4.57 Å². The molecule has 0 unspecified atom stereocenters. The van der Waals surface area contributed by atoms with Gasteiger partial charge in [0.1, 0.15) is 5.82 Å². The SMILES string of the molecule is C=C/C=C\c1nnc(C)n1C. The van der Waals surface area contributed by atoms with Gasteiger partial charge in [-0.05, 0) is 13.0 Å². The van der Waals surface area contributed by atoms with Crippen LogP contribution in [0.5, 0.6) is 0 Å². The Labute approximate surface area is 66.1 Å². The van der Waals surface area contributed by atoms with E-state index in [1.165, 1.54) is 0 Å². The van der Waals surface area contributed by atoms with Gasteiger partial charge >= 0.3 is 0 Å². The van der Waals surface area contributed by atoms with Gasteiger partial charge in [0.2, 0.25) is 0 Å². The first-order valence-corrected chi connectivity index (χ1v) is 3.41. The number of rotatable bonds is 2. The molecule has 58 valence electrons. The van der Waals surface area contributed by atoms with E-state index < -0.39 is 0 Å².